The van der Waals surface area contributed by atoms with Gasteiger partial charge in [0.1, 0.15) is 5.52 Å². The van der Waals surface area contributed by atoms with E-state index in [0.29, 0.717) is 11.6 Å². The van der Waals surface area contributed by atoms with Crippen LogP contribution >= 0.6 is 0 Å². The third kappa shape index (κ3) is 3.48. The van der Waals surface area contributed by atoms with Crippen molar-refractivity contribution in [3.63, 3.8) is 0 Å². The van der Waals surface area contributed by atoms with Crippen LogP contribution in [0.3, 0.4) is 0 Å². The highest BCUT2D eigenvalue weighted by Gasteiger charge is 2.24. The van der Waals surface area contributed by atoms with Crippen LogP contribution in [-0.4, -0.2) is 51.5 Å². The fourth-order valence-electron chi connectivity index (χ4n) is 4.59. The van der Waals surface area contributed by atoms with Crippen LogP contribution in [0.4, 0.5) is 5.69 Å². The second-order valence-electron chi connectivity index (χ2n) is 8.27. The largest absolute Gasteiger partial charge is 0.368 e. The van der Waals surface area contributed by atoms with E-state index in [1.54, 1.807) is 6.20 Å². The molecule has 6 nitrogen and oxygen atoms in total. The molecular formula is C23H27N5O. The van der Waals surface area contributed by atoms with Crippen LogP contribution in [0, 0.1) is 6.92 Å². The molecule has 0 unspecified atom stereocenters. The molecule has 5 rings (SSSR count). The number of amides is 1. The van der Waals surface area contributed by atoms with E-state index >= 15 is 0 Å². The number of hydrogen-bond acceptors (Lipinski definition) is 4. The van der Waals surface area contributed by atoms with Crippen LogP contribution in [0.25, 0.3) is 11.2 Å². The fourth-order valence-corrected chi connectivity index (χ4v) is 4.59. The molecule has 2 aromatic heterocycles. The first kappa shape index (κ1) is 18.2. The minimum atomic E-state index is 0.0540. The van der Waals surface area contributed by atoms with Gasteiger partial charge in [0, 0.05) is 44.1 Å². The fraction of sp³-hybridized carbons (Fsp3) is 0.435. The van der Waals surface area contributed by atoms with Crippen molar-refractivity contribution < 1.29 is 4.79 Å². The van der Waals surface area contributed by atoms with Gasteiger partial charge in [-0.3, -0.25) is 4.79 Å². The lowest BCUT2D eigenvalue weighted by atomic mass is 10.1. The predicted octanol–water partition coefficient (Wildman–Crippen LogP) is 3.82. The minimum Gasteiger partial charge on any atom is -0.368 e. The van der Waals surface area contributed by atoms with E-state index in [1.807, 2.05) is 17.3 Å². The number of carbonyl (C=O) groups excluding carboxylic acids is 1. The Hall–Kier alpha value is -2.89. The van der Waals surface area contributed by atoms with Crippen LogP contribution in [0.15, 0.2) is 42.9 Å². The molecule has 1 aliphatic carbocycles. The van der Waals surface area contributed by atoms with Gasteiger partial charge in [-0.05, 0) is 38.0 Å². The van der Waals surface area contributed by atoms with Crippen molar-refractivity contribution in [3.05, 3.63) is 54.0 Å². The molecule has 1 saturated carbocycles. The van der Waals surface area contributed by atoms with Gasteiger partial charge in [-0.1, -0.05) is 30.5 Å². The average Bonchev–Trinajstić information content (AvgIpc) is 3.43. The van der Waals surface area contributed by atoms with Crippen molar-refractivity contribution in [2.24, 2.45) is 0 Å². The summed E-state index contributed by atoms with van der Waals surface area (Å²) in [5.41, 5.74) is 4.85. The van der Waals surface area contributed by atoms with E-state index in [1.165, 1.54) is 36.9 Å². The summed E-state index contributed by atoms with van der Waals surface area (Å²) < 4.78 is 2.19. The van der Waals surface area contributed by atoms with Gasteiger partial charge in [-0.2, -0.15) is 0 Å². The third-order valence-corrected chi connectivity index (χ3v) is 6.34. The first-order valence-electron chi connectivity index (χ1n) is 10.6. The van der Waals surface area contributed by atoms with Gasteiger partial charge >= 0.3 is 0 Å². The maximum absolute atomic E-state index is 13.0. The van der Waals surface area contributed by atoms with Crippen molar-refractivity contribution in [3.8, 4) is 0 Å². The smallest absolute Gasteiger partial charge is 0.255 e. The normalized spacial score (nSPS) is 18.0. The highest BCUT2D eigenvalue weighted by atomic mass is 16.2. The van der Waals surface area contributed by atoms with Crippen LogP contribution in [0.1, 0.15) is 47.6 Å². The number of carbonyl (C=O) groups is 1. The summed E-state index contributed by atoms with van der Waals surface area (Å²) in [6, 6.07) is 11.0. The molecular weight excluding hydrogens is 362 g/mol. The molecule has 2 aliphatic rings. The van der Waals surface area contributed by atoms with Crippen molar-refractivity contribution in [2.45, 2.75) is 38.6 Å². The van der Waals surface area contributed by atoms with Crippen molar-refractivity contribution in [1.82, 2.24) is 19.4 Å². The van der Waals surface area contributed by atoms with Gasteiger partial charge in [0.15, 0.2) is 5.65 Å². The molecule has 0 radical (unpaired) electrons. The maximum Gasteiger partial charge on any atom is 0.255 e. The van der Waals surface area contributed by atoms with Crippen LogP contribution in [0.5, 0.6) is 0 Å². The standard InChI is InChI=1S/C23H27N5O/c1-17-6-8-19(9-7-17)26-10-12-27(13-11-26)23(29)18-14-21-22(24-15-18)28(16-25-21)20-4-2-3-5-20/h6-9,14-16,20H,2-5,10-13H2,1H3. The molecule has 3 heterocycles. The highest BCUT2D eigenvalue weighted by Crippen LogP contribution is 2.31. The lowest BCUT2D eigenvalue weighted by Crippen LogP contribution is -2.48. The molecule has 1 aromatic carbocycles. The number of nitrogens with zero attached hydrogens (tertiary/aromatic N) is 5. The molecule has 0 atom stereocenters. The number of rotatable bonds is 3. The van der Waals surface area contributed by atoms with Gasteiger partial charge in [-0.15, -0.1) is 0 Å². The van der Waals surface area contributed by atoms with Crippen LogP contribution in [-0.2, 0) is 0 Å². The quantitative estimate of drug-likeness (QED) is 0.683. The SMILES string of the molecule is Cc1ccc(N2CCN(C(=O)c3cnc4c(c3)ncn4C3CCCC3)CC2)cc1. The molecule has 1 saturated heterocycles. The van der Waals surface area contributed by atoms with E-state index in [2.05, 4.69) is 50.6 Å². The second-order valence-corrected chi connectivity index (χ2v) is 8.27. The summed E-state index contributed by atoms with van der Waals surface area (Å²) in [5.74, 6) is 0.0540. The lowest BCUT2D eigenvalue weighted by Gasteiger charge is -2.36. The summed E-state index contributed by atoms with van der Waals surface area (Å²) in [6.45, 7) is 5.24. The second kappa shape index (κ2) is 7.50. The molecule has 0 spiro atoms. The van der Waals surface area contributed by atoms with Gasteiger partial charge in [0.2, 0.25) is 0 Å². The van der Waals surface area contributed by atoms with Crippen molar-refractivity contribution >= 4 is 22.8 Å². The molecule has 3 aromatic rings. The maximum atomic E-state index is 13.0. The molecule has 150 valence electrons. The zero-order valence-corrected chi connectivity index (χ0v) is 16.9. The van der Waals surface area contributed by atoms with Gasteiger partial charge in [0.25, 0.3) is 5.91 Å². The zero-order valence-electron chi connectivity index (χ0n) is 16.9. The van der Waals surface area contributed by atoms with E-state index in [4.69, 9.17) is 0 Å². The third-order valence-electron chi connectivity index (χ3n) is 6.34. The number of fused-ring (bicyclic) bond motifs is 1. The number of imidazole rings is 1. The number of aromatic nitrogens is 3. The Bertz CT molecular complexity index is 1010. The number of pyridine rings is 1. The number of aryl methyl sites for hydroxylation is 1. The Morgan fingerprint density at radius 3 is 2.45 bits per heavy atom. The van der Waals surface area contributed by atoms with Gasteiger partial charge in [-0.25, -0.2) is 9.97 Å². The molecule has 2 fully saturated rings. The summed E-state index contributed by atoms with van der Waals surface area (Å²) in [4.78, 5) is 26.4. The summed E-state index contributed by atoms with van der Waals surface area (Å²) >= 11 is 0. The monoisotopic (exact) mass is 389 g/mol. The van der Waals surface area contributed by atoms with Crippen LogP contribution < -0.4 is 4.90 Å². The number of anilines is 1. The lowest BCUT2D eigenvalue weighted by molar-refractivity contribution is 0.0746. The van der Waals surface area contributed by atoms with E-state index in [0.717, 1.165) is 37.3 Å². The Balaban J connectivity index is 1.28. The zero-order chi connectivity index (χ0) is 19.8. The molecule has 29 heavy (non-hydrogen) atoms. The molecule has 0 N–H and O–H groups in total. The van der Waals surface area contributed by atoms with Crippen molar-refractivity contribution in [1.29, 1.82) is 0 Å². The first-order chi connectivity index (χ1) is 14.2. The molecule has 1 aliphatic heterocycles. The van der Waals surface area contributed by atoms with Gasteiger partial charge in [0.05, 0.1) is 11.9 Å². The van der Waals surface area contributed by atoms with E-state index in [9.17, 15) is 4.79 Å². The molecule has 1 amide bonds. The molecule has 0 bridgehead atoms. The summed E-state index contributed by atoms with van der Waals surface area (Å²) in [7, 11) is 0. The average molecular weight is 390 g/mol. The van der Waals surface area contributed by atoms with Crippen molar-refractivity contribution in [2.75, 3.05) is 31.1 Å². The first-order valence-corrected chi connectivity index (χ1v) is 10.6. The Kier molecular flexibility index (Phi) is 4.70. The highest BCUT2D eigenvalue weighted by molar-refractivity contribution is 5.96. The van der Waals surface area contributed by atoms with Crippen LogP contribution in [0.2, 0.25) is 0 Å². The van der Waals surface area contributed by atoms with E-state index in [-0.39, 0.29) is 5.91 Å². The Morgan fingerprint density at radius 1 is 1.00 bits per heavy atom. The number of benzene rings is 1. The Labute approximate surface area is 171 Å². The molecule has 6 heteroatoms. The van der Waals surface area contributed by atoms with Gasteiger partial charge < -0.3 is 14.4 Å². The predicted molar refractivity (Wildman–Crippen MR) is 114 cm³/mol. The topological polar surface area (TPSA) is 54.3 Å². The number of piperazine rings is 1. The summed E-state index contributed by atoms with van der Waals surface area (Å²) in [5, 5.41) is 0. The summed E-state index contributed by atoms with van der Waals surface area (Å²) in [6.07, 6.45) is 8.55. The number of hydrogen-bond donors (Lipinski definition) is 0. The Morgan fingerprint density at radius 2 is 1.72 bits per heavy atom. The van der Waals surface area contributed by atoms with E-state index < -0.39 is 0 Å². The minimum absolute atomic E-state index is 0.0540.